The number of hydrogen-bond acceptors (Lipinski definition) is 22. The standard InChI is InChI=1S/C34H24O22/c35-6-16-23(44)28(29(34(50)52-16)56-30(46)7-1-11(36)19(40)12(37)2-7)55-33(49)10-4-13(38)20(41)24(45)25(10)51-15-5-9-18-17-8(31(47)54-27(18)22(15)43)3-14(39)21(42)26(17)53-32(9)48/h1-5,16,23,28-29,34-45,50H,6H2/t16-,23-,28+,29-,34-/m1/s1. The zero-order valence-corrected chi connectivity index (χ0v) is 27.4. The number of esters is 2. The van der Waals surface area contributed by atoms with Crippen LogP contribution in [0.1, 0.15) is 20.7 Å². The number of hydrogen-bond donors (Lipinski definition) is 12. The molecule has 0 radical (unpaired) electrons. The number of benzene rings is 4. The molecule has 0 spiro atoms. The van der Waals surface area contributed by atoms with Gasteiger partial charge in [-0.25, -0.2) is 19.2 Å². The highest BCUT2D eigenvalue weighted by atomic mass is 16.7. The van der Waals surface area contributed by atoms with Gasteiger partial charge in [0.25, 0.3) is 0 Å². The molecule has 0 aliphatic carbocycles. The van der Waals surface area contributed by atoms with Crippen molar-refractivity contribution in [2.45, 2.75) is 30.7 Å². The lowest BCUT2D eigenvalue weighted by Crippen LogP contribution is -2.61. The lowest BCUT2D eigenvalue weighted by molar-refractivity contribution is -0.285. The van der Waals surface area contributed by atoms with E-state index < -0.39 is 151 Å². The Balaban J connectivity index is 1.30. The molecule has 1 aliphatic rings. The lowest BCUT2D eigenvalue weighted by Gasteiger charge is -2.41. The SMILES string of the molecule is O=C(O[C@@H]1[C@@H](OC(=O)c2cc(O)c(O)c(O)c2Oc2cc3c(=O)oc4c(O)c(O)cc5c(=O)oc(c2O)c3c45)[C@H](O)[C@@H](CO)O[C@H]1O)c1cc(O)c(O)c(O)c1. The Morgan fingerprint density at radius 1 is 0.625 bits per heavy atom. The van der Waals surface area contributed by atoms with Crippen molar-refractivity contribution in [2.75, 3.05) is 6.61 Å². The second-order valence-electron chi connectivity index (χ2n) is 12.2. The van der Waals surface area contributed by atoms with E-state index in [1.165, 1.54) is 0 Å². The molecular formula is C34H24O22. The molecule has 12 N–H and O–H groups in total. The van der Waals surface area contributed by atoms with E-state index in [9.17, 15) is 80.5 Å². The predicted molar refractivity (Wildman–Crippen MR) is 178 cm³/mol. The first-order chi connectivity index (χ1) is 26.4. The Morgan fingerprint density at radius 3 is 1.77 bits per heavy atom. The van der Waals surface area contributed by atoms with Crippen molar-refractivity contribution in [1.29, 1.82) is 0 Å². The Bertz CT molecular complexity index is 2710. The summed E-state index contributed by atoms with van der Waals surface area (Å²) in [6, 6.07) is 3.32. The molecule has 1 fully saturated rings. The van der Waals surface area contributed by atoms with E-state index in [1.54, 1.807) is 0 Å². The van der Waals surface area contributed by atoms with Gasteiger partial charge in [0.1, 0.15) is 17.8 Å². The summed E-state index contributed by atoms with van der Waals surface area (Å²) < 4.78 is 31.4. The van der Waals surface area contributed by atoms with Gasteiger partial charge in [-0.05, 0) is 18.2 Å². The maximum Gasteiger partial charge on any atom is 0.344 e. The summed E-state index contributed by atoms with van der Waals surface area (Å²) >= 11 is 0. The van der Waals surface area contributed by atoms with Crippen LogP contribution in [0.3, 0.4) is 0 Å². The van der Waals surface area contributed by atoms with Crippen LogP contribution in [-0.2, 0) is 14.2 Å². The highest BCUT2D eigenvalue weighted by molar-refractivity contribution is 6.22. The molecule has 3 heterocycles. The van der Waals surface area contributed by atoms with E-state index in [2.05, 4.69) is 0 Å². The third-order valence-corrected chi connectivity index (χ3v) is 8.78. The largest absolute Gasteiger partial charge is 0.504 e. The minimum atomic E-state index is -2.27. The number of aromatic hydroxyl groups is 9. The van der Waals surface area contributed by atoms with Gasteiger partial charge in [0.15, 0.2) is 69.9 Å². The number of phenols is 9. The van der Waals surface area contributed by atoms with Gasteiger partial charge in [0, 0.05) is 22.9 Å². The first-order valence-electron chi connectivity index (χ1n) is 15.6. The highest BCUT2D eigenvalue weighted by Crippen LogP contribution is 2.50. The van der Waals surface area contributed by atoms with Crippen LogP contribution in [-0.4, -0.2) is 111 Å². The van der Waals surface area contributed by atoms with Gasteiger partial charge in [-0.2, -0.15) is 0 Å². The monoisotopic (exact) mass is 784 g/mol. The molecule has 0 amide bonds. The summed E-state index contributed by atoms with van der Waals surface area (Å²) in [6.07, 6.45) is -10.5. The average molecular weight is 785 g/mol. The number of ether oxygens (including phenoxy) is 4. The third kappa shape index (κ3) is 5.68. The maximum atomic E-state index is 13.8. The molecule has 56 heavy (non-hydrogen) atoms. The molecule has 1 saturated heterocycles. The summed E-state index contributed by atoms with van der Waals surface area (Å²) in [6.45, 7) is -1.01. The number of rotatable bonds is 7. The Hall–Kier alpha value is -7.40. The first-order valence-corrected chi connectivity index (χ1v) is 15.6. The molecule has 6 aromatic rings. The summed E-state index contributed by atoms with van der Waals surface area (Å²) in [5.74, 6) is -14.9. The van der Waals surface area contributed by atoms with E-state index >= 15 is 0 Å². The normalized spacial score (nSPS) is 19.7. The Morgan fingerprint density at radius 2 is 1.16 bits per heavy atom. The number of aliphatic hydroxyl groups is 3. The van der Waals surface area contributed by atoms with Crippen LogP contribution in [0.5, 0.6) is 63.2 Å². The van der Waals surface area contributed by atoms with Crippen LogP contribution in [0.2, 0.25) is 0 Å². The van der Waals surface area contributed by atoms with Crippen LogP contribution in [0.15, 0.2) is 48.8 Å². The summed E-state index contributed by atoms with van der Waals surface area (Å²) in [7, 11) is 0. The zero-order valence-electron chi connectivity index (χ0n) is 27.4. The summed E-state index contributed by atoms with van der Waals surface area (Å²) in [5, 5.41) is 122. The van der Waals surface area contributed by atoms with Crippen molar-refractivity contribution in [2.24, 2.45) is 0 Å². The molecule has 5 atom stereocenters. The zero-order chi connectivity index (χ0) is 40.7. The van der Waals surface area contributed by atoms with E-state index in [0.29, 0.717) is 18.2 Å². The third-order valence-electron chi connectivity index (χ3n) is 8.78. The average Bonchev–Trinajstić information content (AvgIpc) is 3.15. The Kier molecular flexibility index (Phi) is 8.69. The van der Waals surface area contributed by atoms with Gasteiger partial charge in [-0.15, -0.1) is 0 Å². The van der Waals surface area contributed by atoms with Crippen molar-refractivity contribution in [1.82, 2.24) is 0 Å². The summed E-state index contributed by atoms with van der Waals surface area (Å²) in [4.78, 5) is 52.7. The van der Waals surface area contributed by atoms with Crippen molar-refractivity contribution in [3.63, 3.8) is 0 Å². The number of carbonyl (C=O) groups excluding carboxylic acids is 2. The Labute approximate surface area is 306 Å². The second-order valence-corrected chi connectivity index (χ2v) is 12.2. The second kappa shape index (κ2) is 13.2. The molecule has 0 unspecified atom stereocenters. The molecule has 7 rings (SSSR count). The van der Waals surface area contributed by atoms with Gasteiger partial charge in [0.2, 0.25) is 23.0 Å². The fourth-order valence-electron chi connectivity index (χ4n) is 6.06. The van der Waals surface area contributed by atoms with Crippen molar-refractivity contribution < 1.29 is 98.6 Å². The molecule has 22 nitrogen and oxygen atoms in total. The molecule has 2 aromatic heterocycles. The van der Waals surface area contributed by atoms with E-state index in [1.807, 2.05) is 0 Å². The smallest absolute Gasteiger partial charge is 0.344 e. The molecule has 4 aromatic carbocycles. The molecule has 0 saturated carbocycles. The first kappa shape index (κ1) is 36.9. The van der Waals surface area contributed by atoms with Gasteiger partial charge >= 0.3 is 23.2 Å². The van der Waals surface area contributed by atoms with Crippen LogP contribution in [0.4, 0.5) is 0 Å². The van der Waals surface area contributed by atoms with Crippen LogP contribution < -0.4 is 16.0 Å². The highest BCUT2D eigenvalue weighted by Gasteiger charge is 2.50. The van der Waals surface area contributed by atoms with Gasteiger partial charge in [-0.3, -0.25) is 0 Å². The number of aliphatic hydroxyl groups excluding tert-OH is 3. The number of phenolic OH excluding ortho intramolecular Hbond substituents is 9. The van der Waals surface area contributed by atoms with Gasteiger partial charge in [0.05, 0.1) is 22.9 Å². The summed E-state index contributed by atoms with van der Waals surface area (Å²) in [5.41, 5.74) is -5.57. The van der Waals surface area contributed by atoms with Crippen molar-refractivity contribution >= 4 is 44.6 Å². The molecular weight excluding hydrogens is 760 g/mol. The van der Waals surface area contributed by atoms with Crippen LogP contribution in [0, 0.1) is 0 Å². The molecule has 292 valence electrons. The number of carbonyl (C=O) groups is 2. The van der Waals surface area contributed by atoms with E-state index in [-0.39, 0.29) is 16.2 Å². The minimum Gasteiger partial charge on any atom is -0.504 e. The van der Waals surface area contributed by atoms with E-state index in [0.717, 1.165) is 12.1 Å². The minimum absolute atomic E-state index is 0.273. The molecule has 0 bridgehead atoms. The quantitative estimate of drug-likeness (QED) is 0.0452. The van der Waals surface area contributed by atoms with Crippen LogP contribution in [0.25, 0.3) is 32.7 Å². The fourth-order valence-corrected chi connectivity index (χ4v) is 6.06. The lowest BCUT2D eigenvalue weighted by atomic mass is 9.98. The fraction of sp³-hybridized carbons (Fsp3) is 0.176. The maximum absolute atomic E-state index is 13.8. The van der Waals surface area contributed by atoms with Crippen molar-refractivity contribution in [3.8, 4) is 63.2 Å². The topological polar surface area (TPSA) is 374 Å². The van der Waals surface area contributed by atoms with Gasteiger partial charge < -0.3 is 89.1 Å². The van der Waals surface area contributed by atoms with E-state index in [4.69, 9.17) is 27.8 Å². The van der Waals surface area contributed by atoms with Gasteiger partial charge in [-0.1, -0.05) is 0 Å². The van der Waals surface area contributed by atoms with Crippen molar-refractivity contribution in [3.05, 3.63) is 62.3 Å². The predicted octanol–water partition coefficient (Wildman–Crippen LogP) is 0.455. The molecule has 22 heteroatoms. The van der Waals surface area contributed by atoms with Crippen LogP contribution >= 0.6 is 0 Å². The molecule has 1 aliphatic heterocycles.